The summed E-state index contributed by atoms with van der Waals surface area (Å²) in [5, 5.41) is 52.9. The second-order valence-corrected chi connectivity index (χ2v) is 13.5. The van der Waals surface area contributed by atoms with Gasteiger partial charge in [0.05, 0.1) is 0 Å². The Morgan fingerprint density at radius 2 is 0.541 bits per heavy atom. The van der Waals surface area contributed by atoms with Crippen LogP contribution >= 0.6 is 7.26 Å². The summed E-state index contributed by atoms with van der Waals surface area (Å²) in [5.41, 5.74) is 3.64. The van der Waals surface area contributed by atoms with Gasteiger partial charge >= 0.3 is 217 Å². The van der Waals surface area contributed by atoms with Crippen LogP contribution in [0.25, 0.3) is 0 Å². The van der Waals surface area contributed by atoms with Gasteiger partial charge < -0.3 is 0 Å². The van der Waals surface area contributed by atoms with E-state index in [9.17, 15) is 20.4 Å². The fourth-order valence-electron chi connectivity index (χ4n) is 3.85. The average Bonchev–Trinajstić information content (AvgIpc) is 2.91. The van der Waals surface area contributed by atoms with E-state index in [4.69, 9.17) is 0 Å². The van der Waals surface area contributed by atoms with Gasteiger partial charge in [0.25, 0.3) is 0 Å². The van der Waals surface area contributed by atoms with E-state index in [1.807, 2.05) is 48.5 Å². The summed E-state index contributed by atoms with van der Waals surface area (Å²) in [5.74, 6) is 0.856. The van der Waals surface area contributed by atoms with Crippen molar-refractivity contribution in [3.05, 3.63) is 97.1 Å². The first-order valence-corrected chi connectivity index (χ1v) is 14.8. The molecule has 0 bridgehead atoms. The van der Waals surface area contributed by atoms with Gasteiger partial charge in [-0.2, -0.15) is 0 Å². The van der Waals surface area contributed by atoms with Gasteiger partial charge in [-0.25, -0.2) is 0 Å². The first-order chi connectivity index (χ1) is 17.9. The predicted molar refractivity (Wildman–Crippen MR) is 155 cm³/mol. The minimum atomic E-state index is -2.28. The van der Waals surface area contributed by atoms with Crippen LogP contribution in [0.3, 0.4) is 0 Å². The number of aromatic hydroxyl groups is 4. The molecule has 0 spiro atoms. The van der Waals surface area contributed by atoms with Crippen molar-refractivity contribution < 1.29 is 20.4 Å². The number of phenols is 4. The third-order valence-corrected chi connectivity index (χ3v) is 9.85. The molecule has 0 aromatic heterocycles. The zero-order valence-electron chi connectivity index (χ0n) is 20.4. The molecule has 194 valence electrons. The first kappa shape index (κ1) is 25.8. The average molecular weight is 521 g/mol. The molecule has 0 amide bonds. The van der Waals surface area contributed by atoms with E-state index in [0.717, 1.165) is 22.7 Å². The third kappa shape index (κ3) is 7.85. The maximum absolute atomic E-state index is 9.67. The molecule has 9 heteroatoms. The third-order valence-electron chi connectivity index (χ3n) is 6.14. The molecule has 0 saturated heterocycles. The molecule has 4 aromatic carbocycles. The molecule has 0 saturated carbocycles. The van der Waals surface area contributed by atoms with Crippen LogP contribution in [-0.2, 0) is 0 Å². The Labute approximate surface area is 217 Å². The normalized spacial score (nSPS) is 11.5. The minimum absolute atomic E-state index is 0.214. The van der Waals surface area contributed by atoms with Gasteiger partial charge in [0, 0.05) is 0 Å². The van der Waals surface area contributed by atoms with Gasteiger partial charge in [-0.15, -0.1) is 0 Å². The van der Waals surface area contributed by atoms with E-state index < -0.39 is 7.26 Å². The second-order valence-electron chi connectivity index (χ2n) is 9.10. The van der Waals surface area contributed by atoms with E-state index >= 15 is 0 Å². The Bertz CT molecular complexity index is 1050. The maximum atomic E-state index is 9.67. The SMILES string of the molecule is Oc1ccc(NC[PH](CNc2ccc(O)cc2)(CNc2ccc(O)cc2)CNc2ccc(O)cc2)cc1. The zero-order chi connectivity index (χ0) is 26.1. The van der Waals surface area contributed by atoms with Gasteiger partial charge in [0.15, 0.2) is 0 Å². The summed E-state index contributed by atoms with van der Waals surface area (Å²) in [6.45, 7) is 0. The Morgan fingerprint density at radius 1 is 0.351 bits per heavy atom. The first-order valence-electron chi connectivity index (χ1n) is 12.0. The van der Waals surface area contributed by atoms with E-state index in [-0.39, 0.29) is 23.0 Å². The molecule has 0 unspecified atom stereocenters. The van der Waals surface area contributed by atoms with E-state index in [2.05, 4.69) is 21.3 Å². The van der Waals surface area contributed by atoms with E-state index in [1.165, 1.54) is 0 Å². The van der Waals surface area contributed by atoms with Crippen molar-refractivity contribution in [2.24, 2.45) is 0 Å². The van der Waals surface area contributed by atoms with Gasteiger partial charge in [-0.05, 0) is 0 Å². The van der Waals surface area contributed by atoms with Crippen LogP contribution in [0.1, 0.15) is 0 Å². The quantitative estimate of drug-likeness (QED) is 0.0865. The van der Waals surface area contributed by atoms with Crippen LogP contribution in [0.15, 0.2) is 97.1 Å². The van der Waals surface area contributed by atoms with Gasteiger partial charge in [0.1, 0.15) is 0 Å². The number of hydrogen-bond donors (Lipinski definition) is 8. The molecule has 0 aliphatic heterocycles. The molecule has 0 aliphatic rings. The van der Waals surface area contributed by atoms with Crippen LogP contribution in [-0.4, -0.2) is 45.6 Å². The Morgan fingerprint density at radius 3 is 0.730 bits per heavy atom. The van der Waals surface area contributed by atoms with Crippen LogP contribution in [0.4, 0.5) is 22.7 Å². The van der Waals surface area contributed by atoms with Crippen LogP contribution in [0, 0.1) is 0 Å². The van der Waals surface area contributed by atoms with Crippen molar-refractivity contribution in [1.29, 1.82) is 0 Å². The van der Waals surface area contributed by atoms with E-state index in [0.29, 0.717) is 25.1 Å². The number of rotatable bonds is 12. The predicted octanol–water partition coefficient (Wildman–Crippen LogP) is 5.84. The van der Waals surface area contributed by atoms with E-state index in [1.54, 1.807) is 48.5 Å². The summed E-state index contributed by atoms with van der Waals surface area (Å²) in [6.07, 6.45) is 2.83. The van der Waals surface area contributed by atoms with Gasteiger partial charge in [-0.3, -0.25) is 0 Å². The fraction of sp³-hybridized carbons (Fsp3) is 0.143. The summed E-state index contributed by atoms with van der Waals surface area (Å²) in [6, 6.07) is 28.1. The van der Waals surface area contributed by atoms with Gasteiger partial charge in [-0.1, -0.05) is 0 Å². The van der Waals surface area contributed by atoms with Crippen molar-refractivity contribution in [3.63, 3.8) is 0 Å². The van der Waals surface area contributed by atoms with Crippen molar-refractivity contribution in [3.8, 4) is 23.0 Å². The molecular weight excluding hydrogens is 487 g/mol. The molecule has 4 rings (SSSR count). The number of phenolic OH excluding ortho intramolecular Hbond substituents is 4. The fourth-order valence-corrected chi connectivity index (χ4v) is 6.92. The van der Waals surface area contributed by atoms with Crippen molar-refractivity contribution in [2.45, 2.75) is 0 Å². The van der Waals surface area contributed by atoms with Crippen molar-refractivity contribution in [2.75, 3.05) is 46.4 Å². The zero-order valence-corrected chi connectivity index (χ0v) is 21.4. The summed E-state index contributed by atoms with van der Waals surface area (Å²) >= 11 is 0. The molecule has 4 aromatic rings. The van der Waals surface area contributed by atoms with Crippen LogP contribution in [0.5, 0.6) is 23.0 Å². The monoisotopic (exact) mass is 520 g/mol. The topological polar surface area (TPSA) is 129 Å². The molecule has 0 radical (unpaired) electrons. The number of hydrogen-bond acceptors (Lipinski definition) is 8. The van der Waals surface area contributed by atoms with Crippen molar-refractivity contribution >= 4 is 30.0 Å². The Hall–Kier alpha value is -4.29. The number of nitrogens with one attached hydrogen (secondary N) is 4. The molecule has 8 N–H and O–H groups in total. The summed E-state index contributed by atoms with van der Waals surface area (Å²) in [7, 11) is -2.28. The Kier molecular flexibility index (Phi) is 8.44. The van der Waals surface area contributed by atoms with Crippen molar-refractivity contribution in [1.82, 2.24) is 0 Å². The Balaban J connectivity index is 1.58. The number of benzene rings is 4. The van der Waals surface area contributed by atoms with Crippen LogP contribution in [0.2, 0.25) is 0 Å². The molecule has 0 fully saturated rings. The molecule has 0 heterocycles. The second kappa shape index (κ2) is 12.1. The summed E-state index contributed by atoms with van der Waals surface area (Å²) < 4.78 is 0. The standard InChI is InChI=1S/C28H33N4O4P/c33-25-9-1-21(2-10-25)29-17-37(18-30-22-3-11-26(34)12-4-22,19-31-23-5-13-27(35)14-6-23)20-32-24-7-15-28(36)16-8-24/h1-16,29-37H,17-20H2. The van der Waals surface area contributed by atoms with Crippen LogP contribution < -0.4 is 21.3 Å². The molecule has 0 atom stereocenters. The van der Waals surface area contributed by atoms with Gasteiger partial charge in [0.2, 0.25) is 0 Å². The molecule has 8 nitrogen and oxygen atoms in total. The molecule has 37 heavy (non-hydrogen) atoms. The molecule has 0 aliphatic carbocycles. The molecular formula is C28H33N4O4P. The summed E-state index contributed by atoms with van der Waals surface area (Å²) in [4.78, 5) is 0. The number of anilines is 4.